The van der Waals surface area contributed by atoms with Crippen LogP contribution in [0.1, 0.15) is 36.0 Å². The molecule has 2 aromatic heterocycles. The third-order valence-electron chi connectivity index (χ3n) is 6.64. The number of amides is 1. The molecule has 1 amide bonds. The molecule has 0 aliphatic heterocycles. The number of fused-ring (bicyclic) bond motifs is 4. The number of aliphatic carboxylic acids is 1. The number of hydrogen-bond acceptors (Lipinski definition) is 8. The summed E-state index contributed by atoms with van der Waals surface area (Å²) in [6.45, 7) is 0.301. The number of aromatic nitrogens is 3. The summed E-state index contributed by atoms with van der Waals surface area (Å²) >= 11 is 0. The molecular formula is C23H24N4O6. The van der Waals surface area contributed by atoms with E-state index in [1.807, 2.05) is 0 Å². The van der Waals surface area contributed by atoms with Gasteiger partial charge in [0.25, 0.3) is 5.91 Å². The van der Waals surface area contributed by atoms with Crippen molar-refractivity contribution in [2.45, 2.75) is 31.8 Å². The van der Waals surface area contributed by atoms with Gasteiger partial charge in [0.2, 0.25) is 5.88 Å². The van der Waals surface area contributed by atoms with E-state index in [1.54, 1.807) is 36.5 Å². The highest BCUT2D eigenvalue weighted by molar-refractivity contribution is 5.96. The number of pyridine rings is 1. The van der Waals surface area contributed by atoms with E-state index in [4.69, 9.17) is 19.2 Å². The minimum Gasteiger partial charge on any atom is -0.480 e. The van der Waals surface area contributed by atoms with E-state index in [-0.39, 0.29) is 24.5 Å². The number of carboxylic acids is 1. The van der Waals surface area contributed by atoms with Gasteiger partial charge in [0.15, 0.2) is 0 Å². The lowest BCUT2D eigenvalue weighted by atomic mass is 9.63. The Morgan fingerprint density at radius 2 is 1.97 bits per heavy atom. The summed E-state index contributed by atoms with van der Waals surface area (Å²) in [6, 6.07) is 8.47. The average Bonchev–Trinajstić information content (AvgIpc) is 3.30. The Morgan fingerprint density at radius 1 is 1.12 bits per heavy atom. The molecule has 10 heteroatoms. The summed E-state index contributed by atoms with van der Waals surface area (Å²) < 4.78 is 16.2. The summed E-state index contributed by atoms with van der Waals surface area (Å²) in [5, 5.41) is 19.5. The zero-order valence-corrected chi connectivity index (χ0v) is 17.8. The van der Waals surface area contributed by atoms with Crippen LogP contribution in [-0.2, 0) is 9.53 Å². The molecule has 2 heterocycles. The smallest absolute Gasteiger partial charge is 0.329 e. The van der Waals surface area contributed by atoms with Gasteiger partial charge >= 0.3 is 5.97 Å². The van der Waals surface area contributed by atoms with Crippen LogP contribution in [0, 0.1) is 17.8 Å². The van der Waals surface area contributed by atoms with Crippen LogP contribution in [0.25, 0.3) is 11.0 Å². The van der Waals surface area contributed by atoms with Crippen molar-refractivity contribution < 1.29 is 28.8 Å². The second kappa shape index (κ2) is 9.14. The number of carbonyl (C=O) groups excluding carboxylic acids is 1. The van der Waals surface area contributed by atoms with Gasteiger partial charge in [-0.1, -0.05) is 0 Å². The Bertz CT molecular complexity index is 1160. The third-order valence-corrected chi connectivity index (χ3v) is 6.64. The molecule has 4 atom stereocenters. The zero-order valence-electron chi connectivity index (χ0n) is 17.8. The summed E-state index contributed by atoms with van der Waals surface area (Å²) in [7, 11) is 0. The van der Waals surface area contributed by atoms with E-state index in [0.717, 1.165) is 25.7 Å². The van der Waals surface area contributed by atoms with Gasteiger partial charge in [0, 0.05) is 18.8 Å². The molecule has 3 aliphatic carbocycles. The summed E-state index contributed by atoms with van der Waals surface area (Å²) in [5.74, 6) is 0.604. The first kappa shape index (κ1) is 21.3. The third kappa shape index (κ3) is 4.65. The van der Waals surface area contributed by atoms with Crippen LogP contribution >= 0.6 is 0 Å². The highest BCUT2D eigenvalue weighted by atomic mass is 16.6. The second-order valence-electron chi connectivity index (χ2n) is 8.66. The van der Waals surface area contributed by atoms with Crippen LogP contribution in [-0.4, -0.2) is 51.5 Å². The van der Waals surface area contributed by atoms with Crippen LogP contribution in [0.5, 0.6) is 11.6 Å². The lowest BCUT2D eigenvalue weighted by molar-refractivity contribution is -0.150. The Kier molecular flexibility index (Phi) is 5.91. The van der Waals surface area contributed by atoms with Gasteiger partial charge in [-0.2, -0.15) is 0 Å². The van der Waals surface area contributed by atoms with E-state index in [2.05, 4.69) is 20.6 Å². The predicted molar refractivity (Wildman–Crippen MR) is 115 cm³/mol. The largest absolute Gasteiger partial charge is 0.480 e. The molecule has 3 aliphatic rings. The molecule has 0 saturated heterocycles. The maximum Gasteiger partial charge on any atom is 0.329 e. The molecule has 10 nitrogen and oxygen atoms in total. The van der Waals surface area contributed by atoms with Gasteiger partial charge in [-0.25, -0.2) is 14.4 Å². The SMILES string of the molecule is O=C(O)COC1CC2CCC1CC2CNC(=O)c1cccnc1Oc1ccc2nonc2c1. The molecular weight excluding hydrogens is 428 g/mol. The summed E-state index contributed by atoms with van der Waals surface area (Å²) in [5.41, 5.74) is 1.51. The van der Waals surface area contributed by atoms with Crippen molar-refractivity contribution in [3.05, 3.63) is 42.1 Å². The highest BCUT2D eigenvalue weighted by Crippen LogP contribution is 2.46. The van der Waals surface area contributed by atoms with Crippen molar-refractivity contribution in [2.75, 3.05) is 13.2 Å². The van der Waals surface area contributed by atoms with Crippen LogP contribution in [0.3, 0.4) is 0 Å². The van der Waals surface area contributed by atoms with Gasteiger partial charge in [-0.15, -0.1) is 0 Å². The van der Waals surface area contributed by atoms with E-state index >= 15 is 0 Å². The number of nitrogens with zero attached hydrogens (tertiary/aromatic N) is 3. The molecule has 4 unspecified atom stereocenters. The second-order valence-corrected chi connectivity index (χ2v) is 8.66. The zero-order chi connectivity index (χ0) is 22.8. The van der Waals surface area contributed by atoms with E-state index in [1.165, 1.54) is 0 Å². The van der Waals surface area contributed by atoms with Crippen LogP contribution in [0.4, 0.5) is 0 Å². The fraction of sp³-hybridized carbons (Fsp3) is 0.435. The quantitative estimate of drug-likeness (QED) is 0.528. The van der Waals surface area contributed by atoms with E-state index in [0.29, 0.717) is 46.6 Å². The lowest BCUT2D eigenvalue weighted by Gasteiger charge is -2.47. The number of nitrogens with one attached hydrogen (secondary N) is 1. The Balaban J connectivity index is 1.21. The number of rotatable bonds is 8. The van der Waals surface area contributed by atoms with Crippen LogP contribution in [0.2, 0.25) is 0 Å². The first-order valence-corrected chi connectivity index (χ1v) is 11.0. The topological polar surface area (TPSA) is 137 Å². The molecule has 2 bridgehead atoms. The molecule has 0 spiro atoms. The van der Waals surface area contributed by atoms with Crippen LogP contribution in [0.15, 0.2) is 41.2 Å². The van der Waals surface area contributed by atoms with Crippen molar-refractivity contribution in [1.82, 2.24) is 20.6 Å². The first-order valence-electron chi connectivity index (χ1n) is 11.0. The van der Waals surface area contributed by atoms with E-state index in [9.17, 15) is 9.59 Å². The predicted octanol–water partition coefficient (Wildman–Crippen LogP) is 3.05. The van der Waals surface area contributed by atoms with Gasteiger partial charge in [0.05, 0.1) is 6.10 Å². The highest BCUT2D eigenvalue weighted by Gasteiger charge is 2.42. The molecule has 3 saturated carbocycles. The maximum absolute atomic E-state index is 13.0. The summed E-state index contributed by atoms with van der Waals surface area (Å²) in [6.07, 6.45) is 5.47. The fourth-order valence-electron chi connectivity index (χ4n) is 5.04. The maximum atomic E-state index is 13.0. The molecule has 3 aromatic rings. The minimum atomic E-state index is -0.938. The number of carbonyl (C=O) groups is 2. The lowest BCUT2D eigenvalue weighted by Crippen LogP contribution is -2.46. The fourth-order valence-corrected chi connectivity index (χ4v) is 5.04. The summed E-state index contributed by atoms with van der Waals surface area (Å²) in [4.78, 5) is 28.0. The molecule has 6 rings (SSSR count). The monoisotopic (exact) mass is 452 g/mol. The molecule has 3 fully saturated rings. The van der Waals surface area contributed by atoms with Crippen LogP contribution < -0.4 is 10.1 Å². The normalized spacial score (nSPS) is 24.0. The van der Waals surface area contributed by atoms with Crippen molar-refractivity contribution in [3.63, 3.8) is 0 Å². The minimum absolute atomic E-state index is 0.00221. The number of ether oxygens (including phenoxy) is 2. The van der Waals surface area contributed by atoms with Gasteiger partial charge in [-0.3, -0.25) is 4.79 Å². The van der Waals surface area contributed by atoms with Crippen molar-refractivity contribution in [2.24, 2.45) is 17.8 Å². The Hall–Kier alpha value is -3.53. The van der Waals surface area contributed by atoms with E-state index < -0.39 is 5.97 Å². The number of hydrogen-bond donors (Lipinski definition) is 2. The molecule has 1 aromatic carbocycles. The first-order chi connectivity index (χ1) is 16.1. The molecule has 2 N–H and O–H groups in total. The van der Waals surface area contributed by atoms with Gasteiger partial charge < -0.3 is 19.9 Å². The molecule has 33 heavy (non-hydrogen) atoms. The van der Waals surface area contributed by atoms with Gasteiger partial charge in [-0.05, 0) is 78.0 Å². The van der Waals surface area contributed by atoms with Crippen molar-refractivity contribution in [3.8, 4) is 11.6 Å². The number of carboxylic acid groups (broad SMARTS) is 1. The molecule has 0 radical (unpaired) electrons. The Labute approximate surface area is 189 Å². The Morgan fingerprint density at radius 3 is 2.79 bits per heavy atom. The molecule has 172 valence electrons. The van der Waals surface area contributed by atoms with Crippen molar-refractivity contribution >= 4 is 22.9 Å². The van der Waals surface area contributed by atoms with Crippen molar-refractivity contribution in [1.29, 1.82) is 0 Å². The van der Waals surface area contributed by atoms with Gasteiger partial charge in [0.1, 0.15) is 29.0 Å². The number of benzene rings is 1. The average molecular weight is 452 g/mol. The standard InChI is InChI=1S/C23H24N4O6/c28-21(29)12-31-20-9-13-3-4-14(20)8-15(13)11-25-22(30)17-2-1-7-24-23(17)32-16-5-6-18-19(10-16)27-33-26-18/h1-2,5-7,10,13-15,20H,3-4,8-9,11-12H2,(H,25,30)(H,28,29).